The third-order valence-corrected chi connectivity index (χ3v) is 4.81. The first-order valence-electron chi connectivity index (χ1n) is 9.86. The van der Waals surface area contributed by atoms with Crippen LogP contribution < -0.4 is 15.4 Å². The molecule has 4 rings (SSSR count). The number of pyridine rings is 1. The molecule has 150 valence electrons. The number of carbonyl (C=O) groups is 1. The predicted molar refractivity (Wildman–Crippen MR) is 121 cm³/mol. The van der Waals surface area contributed by atoms with Gasteiger partial charge in [-0.25, -0.2) is 0 Å². The van der Waals surface area contributed by atoms with E-state index in [1.54, 1.807) is 12.4 Å². The zero-order chi connectivity index (χ0) is 20.8. The second-order valence-electron chi connectivity index (χ2n) is 7.06. The van der Waals surface area contributed by atoms with Crippen molar-refractivity contribution in [3.8, 4) is 5.75 Å². The lowest BCUT2D eigenvalue weighted by Crippen LogP contribution is -2.31. The summed E-state index contributed by atoms with van der Waals surface area (Å²) >= 11 is 0. The first-order chi connectivity index (χ1) is 14.7. The molecule has 1 unspecified atom stereocenters. The average Bonchev–Trinajstić information content (AvgIpc) is 2.79. The molecule has 1 aromatic heterocycles. The smallest absolute Gasteiger partial charge is 0.246 e. The number of carbonyl (C=O) groups excluding carboxylic acids is 1. The second-order valence-corrected chi connectivity index (χ2v) is 7.06. The van der Waals surface area contributed by atoms with Crippen LogP contribution in [-0.2, 0) is 11.4 Å². The van der Waals surface area contributed by atoms with Gasteiger partial charge in [0, 0.05) is 34.7 Å². The maximum Gasteiger partial charge on any atom is 0.246 e. The number of fused-ring (bicyclic) bond motifs is 1. The summed E-state index contributed by atoms with van der Waals surface area (Å²) in [5, 5.41) is 8.38. The molecule has 0 fully saturated rings. The van der Waals surface area contributed by atoms with Crippen molar-refractivity contribution in [2.75, 3.05) is 10.6 Å². The van der Waals surface area contributed by atoms with E-state index >= 15 is 0 Å². The molecule has 5 heteroatoms. The highest BCUT2D eigenvalue weighted by Crippen LogP contribution is 2.23. The molecule has 5 nitrogen and oxygen atoms in total. The van der Waals surface area contributed by atoms with Gasteiger partial charge in [-0.1, -0.05) is 42.5 Å². The molecule has 0 aliphatic carbocycles. The Balaban J connectivity index is 1.35. The summed E-state index contributed by atoms with van der Waals surface area (Å²) in [5.74, 6) is 0.667. The lowest BCUT2D eigenvalue weighted by Gasteiger charge is -2.16. The molecule has 0 aliphatic rings. The van der Waals surface area contributed by atoms with Gasteiger partial charge in [0.15, 0.2) is 0 Å². The van der Waals surface area contributed by atoms with Crippen molar-refractivity contribution in [1.82, 2.24) is 4.98 Å². The summed E-state index contributed by atoms with van der Waals surface area (Å²) in [6.07, 6.45) is 3.52. The molecular weight excluding hydrogens is 374 g/mol. The standard InChI is InChI=1S/C25H23N3O2/c1-18(25(29)28-24-10-4-8-20-7-2-3-9-23(20)24)27-21-11-13-22(14-12-21)30-17-19-6-5-15-26-16-19/h2-16,18,27H,17H2,1H3,(H,28,29). The summed E-state index contributed by atoms with van der Waals surface area (Å²) in [7, 11) is 0. The van der Waals surface area contributed by atoms with Crippen LogP contribution in [0.15, 0.2) is 91.3 Å². The molecule has 1 heterocycles. The van der Waals surface area contributed by atoms with E-state index in [1.807, 2.05) is 85.8 Å². The Morgan fingerprint density at radius 2 is 1.77 bits per heavy atom. The van der Waals surface area contributed by atoms with Crippen LogP contribution in [0, 0.1) is 0 Å². The highest BCUT2D eigenvalue weighted by atomic mass is 16.5. The molecule has 0 aliphatic heterocycles. The highest BCUT2D eigenvalue weighted by Gasteiger charge is 2.14. The van der Waals surface area contributed by atoms with Crippen LogP contribution in [0.1, 0.15) is 12.5 Å². The van der Waals surface area contributed by atoms with Crippen molar-refractivity contribution in [1.29, 1.82) is 0 Å². The lowest BCUT2D eigenvalue weighted by atomic mass is 10.1. The quantitative estimate of drug-likeness (QED) is 0.447. The summed E-state index contributed by atoms with van der Waals surface area (Å²) in [6, 6.07) is 24.9. The Labute approximate surface area is 175 Å². The Hall–Kier alpha value is -3.86. The third-order valence-electron chi connectivity index (χ3n) is 4.81. The average molecular weight is 397 g/mol. The topological polar surface area (TPSA) is 63.2 Å². The molecule has 0 radical (unpaired) electrons. The van der Waals surface area contributed by atoms with Gasteiger partial charge < -0.3 is 15.4 Å². The number of hydrogen-bond donors (Lipinski definition) is 2. The Kier molecular flexibility index (Phi) is 5.90. The van der Waals surface area contributed by atoms with Crippen molar-refractivity contribution >= 4 is 28.1 Å². The van der Waals surface area contributed by atoms with E-state index in [9.17, 15) is 4.79 Å². The Bertz CT molecular complexity index is 1120. The number of benzene rings is 3. The van der Waals surface area contributed by atoms with Gasteiger partial charge >= 0.3 is 0 Å². The van der Waals surface area contributed by atoms with Gasteiger partial charge in [0.05, 0.1) is 0 Å². The fourth-order valence-electron chi connectivity index (χ4n) is 3.19. The molecule has 3 aromatic carbocycles. The van der Waals surface area contributed by atoms with E-state index in [2.05, 4.69) is 15.6 Å². The fourth-order valence-corrected chi connectivity index (χ4v) is 3.19. The summed E-state index contributed by atoms with van der Waals surface area (Å²) < 4.78 is 5.77. The van der Waals surface area contributed by atoms with E-state index < -0.39 is 6.04 Å². The first kappa shape index (κ1) is 19.5. The van der Waals surface area contributed by atoms with Gasteiger partial charge in [-0.05, 0) is 48.7 Å². The van der Waals surface area contributed by atoms with E-state index in [4.69, 9.17) is 4.74 Å². The number of ether oxygens (including phenoxy) is 1. The predicted octanol–water partition coefficient (Wildman–Crippen LogP) is 5.25. The normalized spacial score (nSPS) is 11.6. The second kappa shape index (κ2) is 9.09. The molecule has 0 saturated heterocycles. The number of anilines is 2. The SMILES string of the molecule is CC(Nc1ccc(OCc2cccnc2)cc1)C(=O)Nc1cccc2ccccc12. The molecule has 1 amide bonds. The van der Waals surface area contributed by atoms with Gasteiger partial charge in [-0.15, -0.1) is 0 Å². The fraction of sp³-hybridized carbons (Fsp3) is 0.120. The van der Waals surface area contributed by atoms with Gasteiger partial charge in [0.1, 0.15) is 18.4 Å². The maximum absolute atomic E-state index is 12.7. The zero-order valence-electron chi connectivity index (χ0n) is 16.7. The van der Waals surface area contributed by atoms with Crippen molar-refractivity contribution < 1.29 is 9.53 Å². The number of rotatable bonds is 7. The van der Waals surface area contributed by atoms with Crippen molar-refractivity contribution in [2.45, 2.75) is 19.6 Å². The summed E-state index contributed by atoms with van der Waals surface area (Å²) in [4.78, 5) is 16.8. The molecule has 0 spiro atoms. The van der Waals surface area contributed by atoms with Crippen molar-refractivity contribution in [2.24, 2.45) is 0 Å². The Morgan fingerprint density at radius 3 is 2.57 bits per heavy atom. The van der Waals surface area contributed by atoms with E-state index in [0.29, 0.717) is 6.61 Å². The van der Waals surface area contributed by atoms with Gasteiger partial charge in [-0.3, -0.25) is 9.78 Å². The number of hydrogen-bond acceptors (Lipinski definition) is 4. The van der Waals surface area contributed by atoms with Crippen LogP contribution in [-0.4, -0.2) is 16.9 Å². The Morgan fingerprint density at radius 1 is 0.967 bits per heavy atom. The minimum Gasteiger partial charge on any atom is -0.489 e. The van der Waals surface area contributed by atoms with E-state index in [-0.39, 0.29) is 5.91 Å². The van der Waals surface area contributed by atoms with Gasteiger partial charge in [0.2, 0.25) is 5.91 Å². The minimum atomic E-state index is -0.397. The summed E-state index contributed by atoms with van der Waals surface area (Å²) in [5.41, 5.74) is 2.67. The molecule has 2 N–H and O–H groups in total. The monoisotopic (exact) mass is 397 g/mol. The molecule has 0 bridgehead atoms. The largest absolute Gasteiger partial charge is 0.489 e. The van der Waals surface area contributed by atoms with E-state index in [1.165, 1.54) is 0 Å². The molecule has 30 heavy (non-hydrogen) atoms. The van der Waals surface area contributed by atoms with Crippen LogP contribution in [0.5, 0.6) is 5.75 Å². The van der Waals surface area contributed by atoms with Crippen LogP contribution >= 0.6 is 0 Å². The lowest BCUT2D eigenvalue weighted by molar-refractivity contribution is -0.116. The maximum atomic E-state index is 12.7. The summed E-state index contributed by atoms with van der Waals surface area (Å²) in [6.45, 7) is 2.30. The van der Waals surface area contributed by atoms with Gasteiger partial charge in [-0.2, -0.15) is 0 Å². The molecule has 0 saturated carbocycles. The van der Waals surface area contributed by atoms with Crippen LogP contribution in [0.3, 0.4) is 0 Å². The minimum absolute atomic E-state index is 0.0942. The molecule has 1 atom stereocenters. The third kappa shape index (κ3) is 4.75. The molecular formula is C25H23N3O2. The zero-order valence-corrected chi connectivity index (χ0v) is 16.7. The van der Waals surface area contributed by atoms with Crippen LogP contribution in [0.25, 0.3) is 10.8 Å². The van der Waals surface area contributed by atoms with E-state index in [0.717, 1.165) is 33.5 Å². The van der Waals surface area contributed by atoms with Crippen molar-refractivity contribution in [3.05, 3.63) is 96.8 Å². The first-order valence-corrected chi connectivity index (χ1v) is 9.86. The number of nitrogens with one attached hydrogen (secondary N) is 2. The van der Waals surface area contributed by atoms with Crippen molar-refractivity contribution in [3.63, 3.8) is 0 Å². The van der Waals surface area contributed by atoms with Gasteiger partial charge in [0.25, 0.3) is 0 Å². The highest BCUT2D eigenvalue weighted by molar-refractivity contribution is 6.04. The number of amides is 1. The number of aromatic nitrogens is 1. The molecule has 4 aromatic rings. The number of nitrogens with zero attached hydrogens (tertiary/aromatic N) is 1. The van der Waals surface area contributed by atoms with Crippen LogP contribution in [0.4, 0.5) is 11.4 Å². The van der Waals surface area contributed by atoms with Crippen LogP contribution in [0.2, 0.25) is 0 Å².